The van der Waals surface area contributed by atoms with Gasteiger partial charge in [-0.3, -0.25) is 0 Å². The Kier molecular flexibility index (Phi) is 4.90. The lowest BCUT2D eigenvalue weighted by molar-refractivity contribution is 0.0161. The number of benzene rings is 1. The number of hydrogen-bond donors (Lipinski definition) is 0. The van der Waals surface area contributed by atoms with Gasteiger partial charge in [0.15, 0.2) is 0 Å². The van der Waals surface area contributed by atoms with Crippen molar-refractivity contribution in [2.45, 2.75) is 23.8 Å². The van der Waals surface area contributed by atoms with Crippen LogP contribution in [0.3, 0.4) is 0 Å². The van der Waals surface area contributed by atoms with Crippen LogP contribution in [0.4, 0.5) is 0 Å². The van der Waals surface area contributed by atoms with Crippen molar-refractivity contribution in [1.82, 2.24) is 0 Å². The second-order valence-corrected chi connectivity index (χ2v) is 7.26. The van der Waals surface area contributed by atoms with Gasteiger partial charge in [-0.1, -0.05) is 11.6 Å². The zero-order valence-corrected chi connectivity index (χ0v) is 12.7. The number of halogens is 2. The molecule has 1 saturated heterocycles. The number of hydrogen-bond acceptors (Lipinski definition) is 5. The second-order valence-electron chi connectivity index (χ2n) is 4.32. The van der Waals surface area contributed by atoms with Crippen molar-refractivity contribution >= 4 is 37.3 Å². The minimum atomic E-state index is -4.01. The summed E-state index contributed by atoms with van der Waals surface area (Å²) in [4.78, 5) is 11.5. The van der Waals surface area contributed by atoms with E-state index in [1.54, 1.807) is 0 Å². The summed E-state index contributed by atoms with van der Waals surface area (Å²) >= 11 is 5.73. The van der Waals surface area contributed by atoms with Crippen molar-refractivity contribution in [1.29, 1.82) is 0 Å². The van der Waals surface area contributed by atoms with Gasteiger partial charge in [0.05, 0.1) is 16.7 Å². The van der Waals surface area contributed by atoms with Crippen LogP contribution in [-0.4, -0.2) is 33.7 Å². The summed E-state index contributed by atoms with van der Waals surface area (Å²) in [6, 6.07) is 3.77. The second kappa shape index (κ2) is 6.30. The fourth-order valence-electron chi connectivity index (χ4n) is 1.84. The predicted molar refractivity (Wildman–Crippen MR) is 73.7 cm³/mol. The van der Waals surface area contributed by atoms with Gasteiger partial charge in [0.1, 0.15) is 11.5 Å². The quantitative estimate of drug-likeness (QED) is 0.623. The molecule has 0 aliphatic carbocycles. The highest BCUT2D eigenvalue weighted by Gasteiger charge is 2.21. The van der Waals surface area contributed by atoms with E-state index >= 15 is 0 Å². The Balaban J connectivity index is 2.10. The van der Waals surface area contributed by atoms with Crippen LogP contribution in [0.2, 0.25) is 5.02 Å². The normalized spacial score (nSPS) is 19.0. The first-order valence-electron chi connectivity index (χ1n) is 5.91. The molecule has 1 aromatic carbocycles. The number of ether oxygens (including phenoxy) is 2. The van der Waals surface area contributed by atoms with E-state index in [0.717, 1.165) is 18.9 Å². The fraction of sp³-hybridized carbons (Fsp3) is 0.417. The molecule has 0 radical (unpaired) electrons. The van der Waals surface area contributed by atoms with Crippen molar-refractivity contribution in [3.63, 3.8) is 0 Å². The van der Waals surface area contributed by atoms with Crippen LogP contribution < -0.4 is 0 Å². The topological polar surface area (TPSA) is 69.7 Å². The summed E-state index contributed by atoms with van der Waals surface area (Å²) in [6.45, 7) is 0.808. The van der Waals surface area contributed by atoms with E-state index in [9.17, 15) is 13.2 Å². The third kappa shape index (κ3) is 3.85. The molecule has 0 spiro atoms. The average molecular weight is 339 g/mol. The predicted octanol–water partition coefficient (Wildman–Crippen LogP) is 2.60. The molecule has 1 aliphatic rings. The third-order valence-corrected chi connectivity index (χ3v) is 4.66. The lowest BCUT2D eigenvalue weighted by atomic mass is 10.2. The molecule has 1 aromatic rings. The third-order valence-electron chi connectivity index (χ3n) is 2.85. The highest BCUT2D eigenvalue weighted by molar-refractivity contribution is 8.13. The molecule has 20 heavy (non-hydrogen) atoms. The number of esters is 1. The molecule has 8 heteroatoms. The van der Waals surface area contributed by atoms with Crippen molar-refractivity contribution < 1.29 is 22.7 Å². The van der Waals surface area contributed by atoms with Gasteiger partial charge < -0.3 is 9.47 Å². The molecule has 0 amide bonds. The van der Waals surface area contributed by atoms with Gasteiger partial charge in [-0.15, -0.1) is 0 Å². The summed E-state index contributed by atoms with van der Waals surface area (Å²) in [5, 5.41) is -0.0457. The Hall–Kier alpha value is -0.820. The van der Waals surface area contributed by atoms with Crippen LogP contribution in [0.1, 0.15) is 23.2 Å². The summed E-state index contributed by atoms with van der Waals surface area (Å²) in [6.07, 6.45) is 1.69. The van der Waals surface area contributed by atoms with Crippen molar-refractivity contribution in [3.05, 3.63) is 28.8 Å². The first-order chi connectivity index (χ1) is 9.38. The van der Waals surface area contributed by atoms with Gasteiger partial charge in [0.25, 0.3) is 9.05 Å². The lowest BCUT2D eigenvalue weighted by Gasteiger charge is -2.10. The van der Waals surface area contributed by atoms with Crippen LogP contribution in [-0.2, 0) is 18.5 Å². The van der Waals surface area contributed by atoms with Gasteiger partial charge in [-0.2, -0.15) is 0 Å². The smallest absolute Gasteiger partial charge is 0.338 e. The summed E-state index contributed by atoms with van der Waals surface area (Å²) in [7, 11) is 1.22. The average Bonchev–Trinajstić information content (AvgIpc) is 2.88. The van der Waals surface area contributed by atoms with Crippen molar-refractivity contribution in [3.8, 4) is 0 Å². The number of rotatable bonds is 4. The first kappa shape index (κ1) is 15.6. The molecule has 0 aromatic heterocycles. The number of carbonyl (C=O) groups excluding carboxylic acids is 1. The van der Waals surface area contributed by atoms with Gasteiger partial charge >= 0.3 is 5.97 Å². The van der Waals surface area contributed by atoms with E-state index in [4.69, 9.17) is 31.8 Å². The zero-order valence-electron chi connectivity index (χ0n) is 10.3. The van der Waals surface area contributed by atoms with E-state index in [2.05, 4.69) is 0 Å². The van der Waals surface area contributed by atoms with E-state index in [-0.39, 0.29) is 28.2 Å². The number of carbonyl (C=O) groups is 1. The summed E-state index contributed by atoms with van der Waals surface area (Å²) < 4.78 is 33.0. The van der Waals surface area contributed by atoms with Gasteiger partial charge in [0.2, 0.25) is 0 Å². The maximum atomic E-state index is 11.8. The maximum absolute atomic E-state index is 11.8. The van der Waals surface area contributed by atoms with E-state index < -0.39 is 15.0 Å². The van der Waals surface area contributed by atoms with Crippen LogP contribution in [0.25, 0.3) is 0 Å². The highest BCUT2D eigenvalue weighted by Crippen LogP contribution is 2.26. The molecule has 0 N–H and O–H groups in total. The van der Waals surface area contributed by atoms with E-state index in [1.807, 2.05) is 0 Å². The van der Waals surface area contributed by atoms with E-state index in [1.165, 1.54) is 12.1 Å². The SMILES string of the molecule is O=C(OCC1CCCO1)c1ccc(Cl)c(S(=O)(=O)Cl)c1. The summed E-state index contributed by atoms with van der Waals surface area (Å²) in [5.74, 6) is -0.640. The van der Waals surface area contributed by atoms with Crippen LogP contribution in [0.5, 0.6) is 0 Å². The molecular formula is C12H12Cl2O5S. The molecule has 1 unspecified atom stereocenters. The Labute approximate surface area is 126 Å². The molecule has 2 rings (SSSR count). The minimum absolute atomic E-state index is 0.0457. The fourth-order valence-corrected chi connectivity index (χ4v) is 3.34. The Morgan fingerprint density at radius 3 is 2.80 bits per heavy atom. The molecule has 110 valence electrons. The largest absolute Gasteiger partial charge is 0.459 e. The Bertz CT molecular complexity index is 608. The molecule has 1 aliphatic heterocycles. The molecule has 0 saturated carbocycles. The van der Waals surface area contributed by atoms with E-state index in [0.29, 0.717) is 6.61 Å². The van der Waals surface area contributed by atoms with Gasteiger partial charge in [-0.25, -0.2) is 13.2 Å². The van der Waals surface area contributed by atoms with Crippen LogP contribution in [0.15, 0.2) is 23.1 Å². The Morgan fingerprint density at radius 2 is 2.20 bits per heavy atom. The molecule has 1 heterocycles. The van der Waals surface area contributed by atoms with Crippen LogP contribution >= 0.6 is 22.3 Å². The minimum Gasteiger partial charge on any atom is -0.459 e. The zero-order chi connectivity index (χ0) is 14.8. The van der Waals surface area contributed by atoms with Crippen LogP contribution in [0, 0.1) is 0 Å². The lowest BCUT2D eigenvalue weighted by Crippen LogP contribution is -2.18. The summed E-state index contributed by atoms with van der Waals surface area (Å²) in [5.41, 5.74) is 0.0756. The Morgan fingerprint density at radius 1 is 1.45 bits per heavy atom. The van der Waals surface area contributed by atoms with Gasteiger partial charge in [-0.05, 0) is 31.0 Å². The first-order valence-corrected chi connectivity index (χ1v) is 8.59. The molecular weight excluding hydrogens is 327 g/mol. The maximum Gasteiger partial charge on any atom is 0.338 e. The monoisotopic (exact) mass is 338 g/mol. The highest BCUT2D eigenvalue weighted by atomic mass is 35.7. The van der Waals surface area contributed by atoms with Crippen molar-refractivity contribution in [2.75, 3.05) is 13.2 Å². The standard InChI is InChI=1S/C12H12Cl2O5S/c13-10-4-3-8(6-11(10)20(14,16)17)12(15)19-7-9-2-1-5-18-9/h3-4,6,9H,1-2,5,7H2. The molecule has 1 fully saturated rings. The van der Waals surface area contributed by atoms with Gasteiger partial charge in [0, 0.05) is 17.3 Å². The molecule has 0 bridgehead atoms. The molecule has 5 nitrogen and oxygen atoms in total. The van der Waals surface area contributed by atoms with Crippen molar-refractivity contribution in [2.24, 2.45) is 0 Å². The molecule has 1 atom stereocenters.